The summed E-state index contributed by atoms with van der Waals surface area (Å²) < 4.78 is 0. The third kappa shape index (κ3) is 2.67. The Morgan fingerprint density at radius 1 is 1.17 bits per heavy atom. The van der Waals surface area contributed by atoms with Gasteiger partial charge in [-0.3, -0.25) is 4.79 Å². The van der Waals surface area contributed by atoms with Crippen molar-refractivity contribution in [2.75, 3.05) is 11.9 Å². The maximum atomic E-state index is 13.2. The maximum absolute atomic E-state index is 13.2. The average Bonchev–Trinajstić information content (AvgIpc) is 3.07. The van der Waals surface area contributed by atoms with E-state index >= 15 is 0 Å². The zero-order valence-corrected chi connectivity index (χ0v) is 17.3. The number of benzene rings is 3. The molecule has 2 aliphatic carbocycles. The topological polar surface area (TPSA) is 40.5 Å². The van der Waals surface area contributed by atoms with E-state index in [9.17, 15) is 9.90 Å². The lowest BCUT2D eigenvalue weighted by Gasteiger charge is -2.28. The molecule has 0 spiro atoms. The van der Waals surface area contributed by atoms with Crippen LogP contribution in [0.4, 0.5) is 5.69 Å². The monoisotopic (exact) mass is 385 g/mol. The van der Waals surface area contributed by atoms with Crippen LogP contribution in [0.3, 0.4) is 0 Å². The second-order valence-electron chi connectivity index (χ2n) is 8.67. The number of carbonyl (C=O) groups is 1. The summed E-state index contributed by atoms with van der Waals surface area (Å²) in [6.45, 7) is 4.37. The van der Waals surface area contributed by atoms with Crippen LogP contribution in [0.2, 0.25) is 0 Å². The lowest BCUT2D eigenvalue weighted by Crippen LogP contribution is -2.27. The van der Waals surface area contributed by atoms with E-state index in [1.807, 2.05) is 49.5 Å². The Kier molecular flexibility index (Phi) is 4.16. The number of aromatic hydroxyl groups is 1. The zero-order valence-electron chi connectivity index (χ0n) is 17.3. The van der Waals surface area contributed by atoms with Gasteiger partial charge in [0.25, 0.3) is 5.91 Å². The van der Waals surface area contributed by atoms with Gasteiger partial charge in [0.1, 0.15) is 5.75 Å². The van der Waals surface area contributed by atoms with Crippen molar-refractivity contribution in [2.24, 2.45) is 0 Å². The molecule has 1 amide bonds. The lowest BCUT2D eigenvalue weighted by molar-refractivity contribution is 0.0993. The minimum atomic E-state index is 0.00976. The molecule has 0 radical (unpaired) electrons. The summed E-state index contributed by atoms with van der Waals surface area (Å²) in [5.74, 6) is 1.44. The molecular weight excluding hydrogens is 358 g/mol. The Morgan fingerprint density at radius 2 is 1.93 bits per heavy atom. The first-order valence-electron chi connectivity index (χ1n) is 10.7. The van der Waals surface area contributed by atoms with Crippen molar-refractivity contribution in [1.82, 2.24) is 0 Å². The van der Waals surface area contributed by atoms with Crippen molar-refractivity contribution in [3.8, 4) is 5.75 Å². The van der Waals surface area contributed by atoms with Gasteiger partial charge in [0.2, 0.25) is 0 Å². The number of amides is 1. The molecule has 29 heavy (non-hydrogen) atoms. The largest absolute Gasteiger partial charge is 0.507 e. The van der Waals surface area contributed by atoms with E-state index in [0.29, 0.717) is 23.1 Å². The summed E-state index contributed by atoms with van der Waals surface area (Å²) in [5.41, 5.74) is 6.83. The van der Waals surface area contributed by atoms with Gasteiger partial charge < -0.3 is 10.0 Å². The number of rotatable bonds is 3. The van der Waals surface area contributed by atoms with Gasteiger partial charge in [-0.15, -0.1) is 0 Å². The predicted octanol–water partition coefficient (Wildman–Crippen LogP) is 5.92. The molecule has 1 N–H and O–H groups in total. The minimum absolute atomic E-state index is 0.00976. The second kappa shape index (κ2) is 6.62. The molecule has 0 saturated heterocycles. The van der Waals surface area contributed by atoms with E-state index in [1.165, 1.54) is 27.6 Å². The highest BCUT2D eigenvalue weighted by atomic mass is 16.3. The SMILES string of the molecule is CCc1ccc(C(=O)N(C)c2ccc3c(O)cc4c5c3c2CCC5CC4C)cc1. The van der Waals surface area contributed by atoms with Crippen molar-refractivity contribution in [3.05, 3.63) is 70.3 Å². The van der Waals surface area contributed by atoms with Gasteiger partial charge in [-0.05, 0) is 95.5 Å². The molecule has 3 heteroatoms. The molecule has 148 valence electrons. The van der Waals surface area contributed by atoms with E-state index in [1.54, 1.807) is 4.90 Å². The van der Waals surface area contributed by atoms with Gasteiger partial charge in [-0.2, -0.15) is 0 Å². The molecule has 0 aliphatic heterocycles. The molecule has 0 bridgehead atoms. The van der Waals surface area contributed by atoms with E-state index in [-0.39, 0.29) is 5.91 Å². The highest BCUT2D eigenvalue weighted by molar-refractivity contribution is 6.08. The van der Waals surface area contributed by atoms with E-state index in [2.05, 4.69) is 13.8 Å². The molecule has 2 unspecified atom stereocenters. The Labute approximate surface area is 172 Å². The molecule has 2 aliphatic rings. The highest BCUT2D eigenvalue weighted by Crippen LogP contribution is 2.53. The quantitative estimate of drug-likeness (QED) is 0.608. The molecule has 0 saturated carbocycles. The van der Waals surface area contributed by atoms with Crippen molar-refractivity contribution >= 4 is 22.4 Å². The van der Waals surface area contributed by atoms with Gasteiger partial charge in [0.05, 0.1) is 0 Å². The Bertz CT molecular complexity index is 1130. The summed E-state index contributed by atoms with van der Waals surface area (Å²) in [5, 5.41) is 12.8. The fourth-order valence-corrected chi connectivity index (χ4v) is 5.46. The van der Waals surface area contributed by atoms with Gasteiger partial charge in [-0.1, -0.05) is 26.0 Å². The number of anilines is 1. The summed E-state index contributed by atoms with van der Waals surface area (Å²) in [6.07, 6.45) is 4.20. The van der Waals surface area contributed by atoms with Crippen LogP contribution in [0.15, 0.2) is 42.5 Å². The van der Waals surface area contributed by atoms with Gasteiger partial charge in [0, 0.05) is 23.7 Å². The van der Waals surface area contributed by atoms with Crippen LogP contribution in [-0.4, -0.2) is 18.1 Å². The first kappa shape index (κ1) is 18.2. The van der Waals surface area contributed by atoms with Crippen LogP contribution in [-0.2, 0) is 12.8 Å². The Morgan fingerprint density at radius 3 is 2.66 bits per heavy atom. The average molecular weight is 386 g/mol. The summed E-state index contributed by atoms with van der Waals surface area (Å²) in [6, 6.07) is 13.9. The van der Waals surface area contributed by atoms with E-state index in [4.69, 9.17) is 0 Å². The maximum Gasteiger partial charge on any atom is 0.258 e. The Hall–Kier alpha value is -2.81. The molecule has 0 heterocycles. The predicted molar refractivity (Wildman–Crippen MR) is 118 cm³/mol. The normalized spacial score (nSPS) is 19.6. The van der Waals surface area contributed by atoms with Crippen LogP contribution in [0.5, 0.6) is 5.75 Å². The van der Waals surface area contributed by atoms with Crippen molar-refractivity contribution in [3.63, 3.8) is 0 Å². The molecular formula is C26H27NO2. The van der Waals surface area contributed by atoms with Gasteiger partial charge in [0.15, 0.2) is 0 Å². The Balaban J connectivity index is 1.64. The number of nitrogens with zero attached hydrogens (tertiary/aromatic N) is 1. The van der Waals surface area contributed by atoms with Crippen LogP contribution in [0, 0.1) is 0 Å². The third-order valence-electron chi connectivity index (χ3n) is 7.03. The summed E-state index contributed by atoms with van der Waals surface area (Å²) in [4.78, 5) is 15.0. The first-order chi connectivity index (χ1) is 14.0. The van der Waals surface area contributed by atoms with Crippen LogP contribution >= 0.6 is 0 Å². The molecule has 0 fully saturated rings. The number of aryl methyl sites for hydroxylation is 2. The van der Waals surface area contributed by atoms with Crippen molar-refractivity contribution < 1.29 is 9.90 Å². The van der Waals surface area contributed by atoms with Gasteiger partial charge >= 0.3 is 0 Å². The summed E-state index contributed by atoms with van der Waals surface area (Å²) in [7, 11) is 1.87. The number of carbonyl (C=O) groups excluding carboxylic acids is 1. The molecule has 3 aromatic carbocycles. The lowest BCUT2D eigenvalue weighted by atomic mass is 9.81. The molecule has 0 aromatic heterocycles. The standard InChI is InChI=1S/C26H27NO2/c1-4-16-5-7-17(8-6-16)26(29)27(3)22-12-11-20-23(28)14-21-15(2)13-18-9-10-19(22)25(20)24(18)21/h5-8,11-12,14-15,18,28H,4,9-10,13H2,1-3H3. The number of phenolic OH excluding ortho intramolecular Hbond substituents is 1. The fraction of sp³-hybridized carbons (Fsp3) is 0.346. The fourth-order valence-electron chi connectivity index (χ4n) is 5.46. The van der Waals surface area contributed by atoms with Gasteiger partial charge in [-0.25, -0.2) is 0 Å². The number of hydrogen-bond acceptors (Lipinski definition) is 2. The van der Waals surface area contributed by atoms with Crippen LogP contribution in [0.1, 0.15) is 71.1 Å². The smallest absolute Gasteiger partial charge is 0.258 e. The van der Waals surface area contributed by atoms with E-state index in [0.717, 1.165) is 36.8 Å². The van der Waals surface area contributed by atoms with E-state index < -0.39 is 0 Å². The minimum Gasteiger partial charge on any atom is -0.507 e. The highest BCUT2D eigenvalue weighted by Gasteiger charge is 2.35. The first-order valence-corrected chi connectivity index (χ1v) is 10.7. The van der Waals surface area contributed by atoms with Crippen LogP contribution < -0.4 is 4.90 Å². The summed E-state index contributed by atoms with van der Waals surface area (Å²) >= 11 is 0. The molecule has 3 nitrogen and oxygen atoms in total. The van der Waals surface area contributed by atoms with Crippen LogP contribution in [0.25, 0.3) is 10.8 Å². The molecule has 5 rings (SSSR count). The zero-order chi connectivity index (χ0) is 20.3. The number of phenols is 1. The third-order valence-corrected chi connectivity index (χ3v) is 7.03. The second-order valence-corrected chi connectivity index (χ2v) is 8.67. The van der Waals surface area contributed by atoms with Crippen molar-refractivity contribution in [1.29, 1.82) is 0 Å². The molecule has 3 aromatic rings. The molecule has 2 atom stereocenters. The van der Waals surface area contributed by atoms with Crippen molar-refractivity contribution in [2.45, 2.75) is 51.4 Å². The number of hydrogen-bond donors (Lipinski definition) is 1.